The molecule has 0 saturated carbocycles. The maximum atomic E-state index is 12.5. The normalized spacial score (nSPS) is 10.5. The van der Waals surface area contributed by atoms with Gasteiger partial charge in [0.1, 0.15) is 12.4 Å². The summed E-state index contributed by atoms with van der Waals surface area (Å²) in [4.78, 5) is 24.2. The molecule has 0 spiro atoms. The van der Waals surface area contributed by atoms with E-state index in [0.29, 0.717) is 35.8 Å². The first-order chi connectivity index (χ1) is 14.5. The number of carbonyl (C=O) groups excluding carboxylic acids is 2. The number of benzene rings is 2. The number of aromatic nitrogens is 2. The lowest BCUT2D eigenvalue weighted by molar-refractivity contribution is 0.102. The largest absolute Gasteiger partial charge is 0.492 e. The Bertz CT molecular complexity index is 969. The van der Waals surface area contributed by atoms with E-state index in [-0.39, 0.29) is 18.0 Å². The number of rotatable bonds is 8. The van der Waals surface area contributed by atoms with E-state index in [2.05, 4.69) is 21.0 Å². The van der Waals surface area contributed by atoms with Crippen LogP contribution in [0.3, 0.4) is 0 Å². The lowest BCUT2D eigenvalue weighted by Crippen LogP contribution is -2.34. The Balaban J connectivity index is 1.53. The van der Waals surface area contributed by atoms with Crippen LogP contribution in [0.1, 0.15) is 24.2 Å². The van der Waals surface area contributed by atoms with Gasteiger partial charge in [-0.05, 0) is 56.3 Å². The van der Waals surface area contributed by atoms with E-state index in [1.54, 1.807) is 47.3 Å². The molecular weight excluding hydrogens is 382 g/mol. The zero-order chi connectivity index (χ0) is 21.3. The lowest BCUT2D eigenvalue weighted by atomic mass is 10.2. The summed E-state index contributed by atoms with van der Waals surface area (Å²) in [6, 6.07) is 15.5. The maximum absolute atomic E-state index is 12.5. The number of anilines is 2. The van der Waals surface area contributed by atoms with Gasteiger partial charge >= 0.3 is 6.03 Å². The summed E-state index contributed by atoms with van der Waals surface area (Å²) >= 11 is 0. The van der Waals surface area contributed by atoms with E-state index < -0.39 is 0 Å². The van der Waals surface area contributed by atoms with E-state index >= 15 is 0 Å². The third-order valence-electron chi connectivity index (χ3n) is 4.06. The van der Waals surface area contributed by atoms with Crippen molar-refractivity contribution in [2.24, 2.45) is 0 Å². The Hall–Kier alpha value is -3.81. The van der Waals surface area contributed by atoms with Crippen molar-refractivity contribution < 1.29 is 14.3 Å². The molecule has 2 aromatic carbocycles. The molecule has 0 atom stereocenters. The summed E-state index contributed by atoms with van der Waals surface area (Å²) < 4.78 is 7.52. The molecule has 0 fully saturated rings. The third-order valence-corrected chi connectivity index (χ3v) is 4.06. The predicted molar refractivity (Wildman–Crippen MR) is 116 cm³/mol. The van der Waals surface area contributed by atoms with Crippen molar-refractivity contribution in [3.05, 3.63) is 72.6 Å². The number of ether oxygens (including phenoxy) is 1. The lowest BCUT2D eigenvalue weighted by Gasteiger charge is -2.11. The Kier molecular flexibility index (Phi) is 7.05. The van der Waals surface area contributed by atoms with Gasteiger partial charge in [0.25, 0.3) is 5.91 Å². The summed E-state index contributed by atoms with van der Waals surface area (Å²) in [5.41, 5.74) is 1.72. The molecule has 3 aromatic rings. The molecule has 3 N–H and O–H groups in total. The fourth-order valence-electron chi connectivity index (χ4n) is 2.69. The van der Waals surface area contributed by atoms with E-state index in [4.69, 9.17) is 4.74 Å². The van der Waals surface area contributed by atoms with Crippen LogP contribution in [0.25, 0.3) is 0 Å². The number of hydrogen-bond acceptors (Lipinski definition) is 4. The van der Waals surface area contributed by atoms with Gasteiger partial charge < -0.3 is 20.7 Å². The van der Waals surface area contributed by atoms with Crippen LogP contribution in [0, 0.1) is 0 Å². The summed E-state index contributed by atoms with van der Waals surface area (Å²) in [6.07, 6.45) is 3.59. The highest BCUT2D eigenvalue weighted by molar-refractivity contribution is 6.04. The highest BCUT2D eigenvalue weighted by Gasteiger charge is 2.08. The third kappa shape index (κ3) is 6.37. The Morgan fingerprint density at radius 3 is 2.53 bits per heavy atom. The molecule has 8 heteroatoms. The molecule has 1 aromatic heterocycles. The van der Waals surface area contributed by atoms with Crippen molar-refractivity contribution in [2.75, 3.05) is 17.2 Å². The number of hydrogen-bond donors (Lipinski definition) is 3. The number of carbonyl (C=O) groups is 2. The van der Waals surface area contributed by atoms with E-state index in [9.17, 15) is 9.59 Å². The highest BCUT2D eigenvalue weighted by atomic mass is 16.5. The first kappa shape index (κ1) is 20.9. The highest BCUT2D eigenvalue weighted by Crippen LogP contribution is 2.19. The van der Waals surface area contributed by atoms with Crippen molar-refractivity contribution in [1.82, 2.24) is 15.1 Å². The van der Waals surface area contributed by atoms with E-state index in [1.807, 2.05) is 38.2 Å². The van der Waals surface area contributed by atoms with Crippen LogP contribution in [-0.4, -0.2) is 34.4 Å². The van der Waals surface area contributed by atoms with Crippen molar-refractivity contribution in [3.8, 4) is 5.75 Å². The minimum Gasteiger partial charge on any atom is -0.492 e. The standard InChI is InChI=1S/C22H25N5O3/c1-16(2)24-22(29)26-18-9-7-17(8-10-18)21(28)25-19-5-3-6-20(15-19)30-14-13-27-12-4-11-23-27/h3-12,15-16H,13-14H2,1-2H3,(H,25,28)(H2,24,26,29). The van der Waals surface area contributed by atoms with E-state index in [0.717, 1.165) is 0 Å². The van der Waals surface area contributed by atoms with Gasteiger partial charge in [0.15, 0.2) is 0 Å². The second-order valence-corrected chi connectivity index (χ2v) is 6.93. The Morgan fingerprint density at radius 1 is 1.03 bits per heavy atom. The first-order valence-electron chi connectivity index (χ1n) is 9.69. The van der Waals surface area contributed by atoms with Gasteiger partial charge in [0.2, 0.25) is 0 Å². The summed E-state index contributed by atoms with van der Waals surface area (Å²) in [6.45, 7) is 4.87. The molecule has 0 radical (unpaired) electrons. The monoisotopic (exact) mass is 407 g/mol. The van der Waals surface area contributed by atoms with E-state index in [1.165, 1.54) is 0 Å². The van der Waals surface area contributed by atoms with Gasteiger partial charge in [-0.1, -0.05) is 6.07 Å². The van der Waals surface area contributed by atoms with Gasteiger partial charge in [-0.2, -0.15) is 5.10 Å². The van der Waals surface area contributed by atoms with Crippen LogP contribution < -0.4 is 20.7 Å². The minimum absolute atomic E-state index is 0.0420. The molecular formula is C22H25N5O3. The number of urea groups is 1. The van der Waals surface area contributed by atoms with Crippen molar-refractivity contribution in [3.63, 3.8) is 0 Å². The first-order valence-corrected chi connectivity index (χ1v) is 9.69. The molecule has 8 nitrogen and oxygen atoms in total. The molecule has 0 bridgehead atoms. The second-order valence-electron chi connectivity index (χ2n) is 6.93. The average Bonchev–Trinajstić information content (AvgIpc) is 3.22. The van der Waals surface area contributed by atoms with Gasteiger partial charge in [0, 0.05) is 41.4 Å². The second kappa shape index (κ2) is 10.1. The summed E-state index contributed by atoms with van der Waals surface area (Å²) in [5.74, 6) is 0.414. The van der Waals surface area contributed by atoms with Crippen LogP contribution in [0.15, 0.2) is 67.0 Å². The predicted octanol–water partition coefficient (Wildman–Crippen LogP) is 3.74. The molecule has 30 heavy (non-hydrogen) atoms. The molecule has 3 rings (SSSR count). The fourth-order valence-corrected chi connectivity index (χ4v) is 2.69. The molecule has 0 saturated heterocycles. The Labute approximate surface area is 175 Å². The van der Waals surface area contributed by atoms with Crippen LogP contribution in [0.4, 0.5) is 16.2 Å². The number of nitrogens with zero attached hydrogens (tertiary/aromatic N) is 2. The van der Waals surface area contributed by atoms with Crippen LogP contribution in [0.5, 0.6) is 5.75 Å². The number of amides is 3. The van der Waals surface area contributed by atoms with Crippen molar-refractivity contribution in [1.29, 1.82) is 0 Å². The summed E-state index contributed by atoms with van der Waals surface area (Å²) in [5, 5.41) is 12.4. The topological polar surface area (TPSA) is 97.3 Å². The zero-order valence-electron chi connectivity index (χ0n) is 17.0. The quantitative estimate of drug-likeness (QED) is 0.530. The van der Waals surface area contributed by atoms with Gasteiger partial charge in [-0.3, -0.25) is 9.48 Å². The summed E-state index contributed by atoms with van der Waals surface area (Å²) in [7, 11) is 0. The molecule has 0 aliphatic heterocycles. The van der Waals surface area contributed by atoms with Crippen LogP contribution in [0.2, 0.25) is 0 Å². The minimum atomic E-state index is -0.286. The SMILES string of the molecule is CC(C)NC(=O)Nc1ccc(C(=O)Nc2cccc(OCCn3cccn3)c2)cc1. The van der Waals surface area contributed by atoms with Crippen molar-refractivity contribution in [2.45, 2.75) is 26.4 Å². The average molecular weight is 407 g/mol. The number of nitrogens with one attached hydrogen (secondary N) is 3. The van der Waals surface area contributed by atoms with Gasteiger partial charge in [-0.15, -0.1) is 0 Å². The molecule has 1 heterocycles. The van der Waals surface area contributed by atoms with Crippen molar-refractivity contribution >= 4 is 23.3 Å². The molecule has 0 aliphatic carbocycles. The van der Waals surface area contributed by atoms with Crippen LogP contribution >= 0.6 is 0 Å². The molecule has 0 aliphatic rings. The maximum Gasteiger partial charge on any atom is 0.319 e. The smallest absolute Gasteiger partial charge is 0.319 e. The van der Waals surface area contributed by atoms with Gasteiger partial charge in [-0.25, -0.2) is 4.79 Å². The van der Waals surface area contributed by atoms with Gasteiger partial charge in [0.05, 0.1) is 6.54 Å². The fraction of sp³-hybridized carbons (Fsp3) is 0.227. The molecule has 3 amide bonds. The zero-order valence-corrected chi connectivity index (χ0v) is 17.0. The van der Waals surface area contributed by atoms with Crippen LogP contribution in [-0.2, 0) is 6.54 Å². The molecule has 156 valence electrons. The Morgan fingerprint density at radius 2 is 1.83 bits per heavy atom. The molecule has 0 unspecified atom stereocenters.